The van der Waals surface area contributed by atoms with Crippen molar-refractivity contribution in [2.45, 2.75) is 50.1 Å². The van der Waals surface area contributed by atoms with E-state index in [0.717, 1.165) is 28.7 Å². The molecule has 4 nitrogen and oxygen atoms in total. The van der Waals surface area contributed by atoms with E-state index in [4.69, 9.17) is 19.2 Å². The summed E-state index contributed by atoms with van der Waals surface area (Å²) in [6.07, 6.45) is 6.38. The van der Waals surface area contributed by atoms with Crippen molar-refractivity contribution < 1.29 is 19.2 Å². The zero-order valence-corrected chi connectivity index (χ0v) is 16.9. The van der Waals surface area contributed by atoms with Crippen LogP contribution in [0.4, 0.5) is 0 Å². The molecule has 7 rings (SSSR count). The first-order chi connectivity index (χ1) is 14.2. The average Bonchev–Trinajstić information content (AvgIpc) is 2.73. The molecular weight excluding hydrogens is 364 g/mol. The quantitative estimate of drug-likeness (QED) is 0.654. The van der Waals surface area contributed by atoms with E-state index >= 15 is 0 Å². The first kappa shape index (κ1) is 17.9. The van der Waals surface area contributed by atoms with Gasteiger partial charge in [0, 0.05) is 12.7 Å². The summed E-state index contributed by atoms with van der Waals surface area (Å²) < 4.78 is 12.2. The van der Waals surface area contributed by atoms with E-state index in [2.05, 4.69) is 24.3 Å². The first-order valence-corrected chi connectivity index (χ1v) is 10.9. The maximum atomic E-state index is 6.15. The van der Waals surface area contributed by atoms with Crippen molar-refractivity contribution in [2.24, 2.45) is 23.7 Å². The van der Waals surface area contributed by atoms with E-state index in [1.54, 1.807) is 7.11 Å². The van der Waals surface area contributed by atoms with Crippen molar-refractivity contribution in [3.63, 3.8) is 0 Å². The van der Waals surface area contributed by atoms with E-state index in [1.807, 2.05) is 30.3 Å². The second-order valence-electron chi connectivity index (χ2n) is 9.39. The van der Waals surface area contributed by atoms with Gasteiger partial charge in [0.25, 0.3) is 5.79 Å². The van der Waals surface area contributed by atoms with Crippen LogP contribution in [0.25, 0.3) is 0 Å². The van der Waals surface area contributed by atoms with Gasteiger partial charge in [0.2, 0.25) is 0 Å². The van der Waals surface area contributed by atoms with Gasteiger partial charge in [0.1, 0.15) is 12.4 Å². The van der Waals surface area contributed by atoms with Gasteiger partial charge in [0.05, 0.1) is 0 Å². The average molecular weight is 392 g/mol. The molecule has 29 heavy (non-hydrogen) atoms. The molecule has 1 atom stereocenters. The molecule has 4 bridgehead atoms. The predicted molar refractivity (Wildman–Crippen MR) is 108 cm³/mol. The number of methoxy groups -OCH3 is 1. The number of hydrogen-bond acceptors (Lipinski definition) is 4. The molecule has 1 saturated heterocycles. The van der Waals surface area contributed by atoms with E-state index in [9.17, 15) is 0 Å². The van der Waals surface area contributed by atoms with Gasteiger partial charge in [0.15, 0.2) is 5.60 Å². The van der Waals surface area contributed by atoms with Gasteiger partial charge in [-0.15, -0.1) is 0 Å². The Labute approximate surface area is 172 Å². The normalized spacial score (nSPS) is 39.5. The van der Waals surface area contributed by atoms with Crippen molar-refractivity contribution in [3.05, 3.63) is 65.7 Å². The number of hydrogen-bond donors (Lipinski definition) is 0. The number of rotatable bonds is 5. The number of benzene rings is 2. The zero-order valence-electron chi connectivity index (χ0n) is 16.9. The summed E-state index contributed by atoms with van der Waals surface area (Å²) in [6.45, 7) is 0.543. The van der Waals surface area contributed by atoms with Crippen LogP contribution < -0.4 is 4.74 Å². The van der Waals surface area contributed by atoms with Crippen LogP contribution in [-0.2, 0) is 26.9 Å². The fraction of sp³-hybridized carbons (Fsp3) is 0.520. The summed E-state index contributed by atoms with van der Waals surface area (Å²) >= 11 is 0. The minimum atomic E-state index is -0.832. The molecule has 4 heteroatoms. The summed E-state index contributed by atoms with van der Waals surface area (Å²) in [5, 5.41) is 0. The lowest BCUT2D eigenvalue weighted by molar-refractivity contribution is -0.645. The monoisotopic (exact) mass is 392 g/mol. The largest absolute Gasteiger partial charge is 0.489 e. The van der Waals surface area contributed by atoms with Crippen LogP contribution in [0, 0.1) is 23.7 Å². The topological polar surface area (TPSA) is 36.9 Å². The minimum Gasteiger partial charge on any atom is -0.489 e. The highest BCUT2D eigenvalue weighted by atomic mass is 17.3. The maximum Gasteiger partial charge on any atom is 0.260 e. The van der Waals surface area contributed by atoms with Gasteiger partial charge in [-0.2, -0.15) is 4.89 Å². The van der Waals surface area contributed by atoms with Crippen molar-refractivity contribution in [1.29, 1.82) is 0 Å². The molecule has 0 aromatic heterocycles. The van der Waals surface area contributed by atoms with E-state index < -0.39 is 5.79 Å². The van der Waals surface area contributed by atoms with Crippen LogP contribution in [-0.4, -0.2) is 12.7 Å². The van der Waals surface area contributed by atoms with E-state index in [1.165, 1.54) is 32.1 Å². The van der Waals surface area contributed by atoms with Gasteiger partial charge in [-0.3, -0.25) is 0 Å². The highest BCUT2D eigenvalue weighted by Gasteiger charge is 2.76. The molecule has 1 spiro atoms. The van der Waals surface area contributed by atoms with Gasteiger partial charge in [-0.1, -0.05) is 42.5 Å². The molecule has 5 aliphatic rings. The Balaban J connectivity index is 1.31. The zero-order chi connectivity index (χ0) is 19.5. The van der Waals surface area contributed by atoms with Crippen molar-refractivity contribution in [3.8, 4) is 5.75 Å². The third kappa shape index (κ3) is 2.49. The Bertz CT molecular complexity index is 863. The van der Waals surface area contributed by atoms with Crippen LogP contribution in [0.5, 0.6) is 5.75 Å². The molecule has 1 aliphatic heterocycles. The standard InChI is InChI=1S/C25H28O4/c1-26-25(20-8-5-9-23(15-20)27-16-17-6-3-2-4-7-17)24(28-29-25)21-11-18-10-19(13-21)14-22(24)12-18/h2-9,15,18-19,21-22H,10-14,16H2,1H3. The molecule has 5 fully saturated rings. The van der Waals surface area contributed by atoms with Crippen LogP contribution in [0.3, 0.4) is 0 Å². The van der Waals surface area contributed by atoms with Crippen LogP contribution >= 0.6 is 0 Å². The number of ether oxygens (including phenoxy) is 2. The van der Waals surface area contributed by atoms with Crippen LogP contribution in [0.15, 0.2) is 54.6 Å². The Hall–Kier alpha value is -1.88. The molecule has 2 aromatic rings. The molecule has 1 unspecified atom stereocenters. The third-order valence-corrected chi connectivity index (χ3v) is 7.91. The van der Waals surface area contributed by atoms with Crippen molar-refractivity contribution >= 4 is 0 Å². The van der Waals surface area contributed by atoms with E-state index in [0.29, 0.717) is 18.4 Å². The van der Waals surface area contributed by atoms with Gasteiger partial charge < -0.3 is 9.47 Å². The second kappa shape index (κ2) is 6.56. The van der Waals surface area contributed by atoms with Gasteiger partial charge in [-0.25, -0.2) is 4.89 Å². The maximum absolute atomic E-state index is 6.15. The Morgan fingerprint density at radius 1 is 0.862 bits per heavy atom. The first-order valence-electron chi connectivity index (χ1n) is 10.9. The highest BCUT2D eigenvalue weighted by Crippen LogP contribution is 2.69. The fourth-order valence-corrected chi connectivity index (χ4v) is 6.89. The summed E-state index contributed by atoms with van der Waals surface area (Å²) in [5.41, 5.74) is 1.80. The SMILES string of the molecule is COC1(c2cccc(OCc3ccccc3)c2)OOC12C1CC3CC(C1)CC2C3. The van der Waals surface area contributed by atoms with Crippen LogP contribution in [0.1, 0.15) is 43.2 Å². The molecule has 0 radical (unpaired) electrons. The van der Waals surface area contributed by atoms with Crippen LogP contribution in [0.2, 0.25) is 0 Å². The van der Waals surface area contributed by atoms with Crippen molar-refractivity contribution in [2.75, 3.05) is 7.11 Å². The molecule has 0 N–H and O–H groups in total. The minimum absolute atomic E-state index is 0.354. The summed E-state index contributed by atoms with van der Waals surface area (Å²) in [4.78, 5) is 11.9. The summed E-state index contributed by atoms with van der Waals surface area (Å²) in [7, 11) is 1.76. The lowest BCUT2D eigenvalue weighted by atomic mass is 9.47. The lowest BCUT2D eigenvalue weighted by Gasteiger charge is -2.68. The Kier molecular flexibility index (Phi) is 4.06. The highest BCUT2D eigenvalue weighted by molar-refractivity contribution is 5.36. The molecule has 1 heterocycles. The molecular formula is C25H28O4. The molecule has 2 aromatic carbocycles. The molecule has 4 saturated carbocycles. The Morgan fingerprint density at radius 2 is 1.59 bits per heavy atom. The lowest BCUT2D eigenvalue weighted by Crippen LogP contribution is -2.76. The Morgan fingerprint density at radius 3 is 2.21 bits per heavy atom. The predicted octanol–water partition coefficient (Wildman–Crippen LogP) is 5.22. The third-order valence-electron chi connectivity index (χ3n) is 7.91. The van der Waals surface area contributed by atoms with E-state index in [-0.39, 0.29) is 5.60 Å². The summed E-state index contributed by atoms with van der Waals surface area (Å²) in [5.74, 6) is 2.76. The second-order valence-corrected chi connectivity index (χ2v) is 9.39. The smallest absolute Gasteiger partial charge is 0.260 e. The van der Waals surface area contributed by atoms with Gasteiger partial charge in [-0.05, 0) is 73.5 Å². The molecule has 0 amide bonds. The fourth-order valence-electron chi connectivity index (χ4n) is 6.89. The summed E-state index contributed by atoms with van der Waals surface area (Å²) in [6, 6.07) is 18.4. The van der Waals surface area contributed by atoms with Crippen molar-refractivity contribution in [1.82, 2.24) is 0 Å². The van der Waals surface area contributed by atoms with Gasteiger partial charge >= 0.3 is 0 Å². The molecule has 152 valence electrons. The molecule has 4 aliphatic carbocycles.